The molecule has 1 heterocycles. The highest BCUT2D eigenvalue weighted by Crippen LogP contribution is 2.32. The van der Waals surface area contributed by atoms with Crippen molar-refractivity contribution in [2.24, 2.45) is 0 Å². The lowest BCUT2D eigenvalue weighted by atomic mass is 10.2. The Morgan fingerprint density at radius 2 is 2.10 bits per heavy atom. The van der Waals surface area contributed by atoms with Crippen LogP contribution in [0.4, 0.5) is 4.39 Å². The van der Waals surface area contributed by atoms with Gasteiger partial charge >= 0.3 is 5.97 Å². The van der Waals surface area contributed by atoms with Crippen LogP contribution in [-0.4, -0.2) is 23.2 Å². The number of nitrogens with zero attached hydrogens (tertiary/aromatic N) is 1. The Kier molecular flexibility index (Phi) is 3.31. The van der Waals surface area contributed by atoms with E-state index in [1.54, 1.807) is 24.3 Å². The molecule has 1 aromatic heterocycles. The normalized spacial score (nSPS) is 10.8. The van der Waals surface area contributed by atoms with E-state index in [-0.39, 0.29) is 11.3 Å². The number of aromatic nitrogens is 1. The van der Waals surface area contributed by atoms with E-state index >= 15 is 0 Å². The van der Waals surface area contributed by atoms with Gasteiger partial charge in [-0.05, 0) is 36.4 Å². The van der Waals surface area contributed by atoms with E-state index in [0.29, 0.717) is 16.1 Å². The monoisotopic (exact) mass is 303 g/mol. The third-order valence-electron chi connectivity index (χ3n) is 3.03. The lowest BCUT2D eigenvalue weighted by molar-refractivity contribution is 0.0697. The number of rotatable bonds is 3. The van der Waals surface area contributed by atoms with Gasteiger partial charge in [0.15, 0.2) is 11.6 Å². The van der Waals surface area contributed by atoms with E-state index < -0.39 is 11.8 Å². The second-order valence-electron chi connectivity index (χ2n) is 4.36. The SMILES string of the molecule is COc1ccc(-c2nc3ccc(C(=O)O)cc3s2)cc1F. The summed E-state index contributed by atoms with van der Waals surface area (Å²) in [7, 11) is 1.41. The molecule has 2 aromatic carbocycles. The fraction of sp³-hybridized carbons (Fsp3) is 0.0667. The number of carbonyl (C=O) groups is 1. The number of hydrogen-bond acceptors (Lipinski definition) is 4. The third kappa shape index (κ3) is 2.45. The molecule has 6 heteroatoms. The van der Waals surface area contributed by atoms with Crippen molar-refractivity contribution in [3.05, 3.63) is 47.8 Å². The summed E-state index contributed by atoms with van der Waals surface area (Å²) in [6.45, 7) is 0. The standard InChI is InChI=1S/C15H10FNO3S/c1-20-12-5-3-8(6-10(12)16)14-17-11-4-2-9(15(18)19)7-13(11)21-14/h2-7H,1H3,(H,18,19). The number of halogens is 1. The highest BCUT2D eigenvalue weighted by atomic mass is 32.1. The van der Waals surface area contributed by atoms with Gasteiger partial charge in [0.05, 0.1) is 22.9 Å². The zero-order valence-electron chi connectivity index (χ0n) is 11.0. The van der Waals surface area contributed by atoms with Crippen molar-refractivity contribution in [2.75, 3.05) is 7.11 Å². The first-order valence-corrected chi connectivity index (χ1v) is 6.88. The van der Waals surface area contributed by atoms with Crippen molar-refractivity contribution in [1.82, 2.24) is 4.98 Å². The van der Waals surface area contributed by atoms with E-state index in [2.05, 4.69) is 4.98 Å². The Bertz CT molecular complexity index is 844. The van der Waals surface area contributed by atoms with Gasteiger partial charge in [-0.1, -0.05) is 0 Å². The summed E-state index contributed by atoms with van der Waals surface area (Å²) in [6, 6.07) is 9.34. The van der Waals surface area contributed by atoms with Crippen molar-refractivity contribution in [1.29, 1.82) is 0 Å². The maximum atomic E-state index is 13.7. The summed E-state index contributed by atoms with van der Waals surface area (Å²) >= 11 is 1.32. The highest BCUT2D eigenvalue weighted by Gasteiger charge is 2.11. The van der Waals surface area contributed by atoms with Crippen LogP contribution in [0.3, 0.4) is 0 Å². The Morgan fingerprint density at radius 3 is 2.76 bits per heavy atom. The predicted octanol–water partition coefficient (Wildman–Crippen LogP) is 3.81. The quantitative estimate of drug-likeness (QED) is 0.799. The van der Waals surface area contributed by atoms with Crippen molar-refractivity contribution in [3.8, 4) is 16.3 Å². The van der Waals surface area contributed by atoms with Gasteiger partial charge in [0.1, 0.15) is 5.01 Å². The number of hydrogen-bond donors (Lipinski definition) is 1. The van der Waals surface area contributed by atoms with Crippen molar-refractivity contribution in [2.45, 2.75) is 0 Å². The fourth-order valence-corrected chi connectivity index (χ4v) is 2.98. The number of fused-ring (bicyclic) bond motifs is 1. The topological polar surface area (TPSA) is 59.4 Å². The minimum atomic E-state index is -0.984. The van der Waals surface area contributed by atoms with Crippen LogP contribution in [0.25, 0.3) is 20.8 Å². The van der Waals surface area contributed by atoms with Gasteiger partial charge in [-0.15, -0.1) is 11.3 Å². The molecule has 0 bridgehead atoms. The molecule has 4 nitrogen and oxygen atoms in total. The highest BCUT2D eigenvalue weighted by molar-refractivity contribution is 7.21. The minimum Gasteiger partial charge on any atom is -0.494 e. The first-order chi connectivity index (χ1) is 10.1. The van der Waals surface area contributed by atoms with Gasteiger partial charge in [-0.25, -0.2) is 14.2 Å². The van der Waals surface area contributed by atoms with Crippen LogP contribution in [0, 0.1) is 5.82 Å². The number of benzene rings is 2. The smallest absolute Gasteiger partial charge is 0.335 e. The second kappa shape index (κ2) is 5.14. The van der Waals surface area contributed by atoms with Gasteiger partial charge in [0.25, 0.3) is 0 Å². The molecule has 0 radical (unpaired) electrons. The molecule has 0 aliphatic heterocycles. The summed E-state index contributed by atoms with van der Waals surface area (Å²) in [5.41, 5.74) is 1.53. The fourth-order valence-electron chi connectivity index (χ4n) is 1.98. The summed E-state index contributed by atoms with van der Waals surface area (Å²) in [4.78, 5) is 15.4. The van der Waals surface area contributed by atoms with Gasteiger partial charge in [0.2, 0.25) is 0 Å². The van der Waals surface area contributed by atoms with Crippen LogP contribution in [0.5, 0.6) is 5.75 Å². The molecule has 3 aromatic rings. The van der Waals surface area contributed by atoms with E-state index in [4.69, 9.17) is 9.84 Å². The molecule has 0 amide bonds. The van der Waals surface area contributed by atoms with Crippen LogP contribution in [0.2, 0.25) is 0 Å². The number of aromatic carboxylic acids is 1. The molecule has 3 rings (SSSR count). The maximum absolute atomic E-state index is 13.7. The Hall–Kier alpha value is -2.47. The molecule has 0 spiro atoms. The zero-order valence-corrected chi connectivity index (χ0v) is 11.8. The molecule has 0 saturated carbocycles. The number of carboxylic acid groups (broad SMARTS) is 1. The molecule has 0 aliphatic carbocycles. The number of methoxy groups -OCH3 is 1. The largest absolute Gasteiger partial charge is 0.494 e. The number of thiazole rings is 1. The van der Waals surface area contributed by atoms with Gasteiger partial charge < -0.3 is 9.84 Å². The summed E-state index contributed by atoms with van der Waals surface area (Å²) in [5, 5.41) is 9.62. The molecule has 1 N–H and O–H groups in total. The van der Waals surface area contributed by atoms with Crippen LogP contribution >= 0.6 is 11.3 Å². The van der Waals surface area contributed by atoms with Crippen molar-refractivity contribution >= 4 is 27.5 Å². The average molecular weight is 303 g/mol. The van der Waals surface area contributed by atoms with Gasteiger partial charge in [-0.2, -0.15) is 0 Å². The van der Waals surface area contributed by atoms with Gasteiger partial charge in [-0.3, -0.25) is 0 Å². The summed E-state index contributed by atoms with van der Waals surface area (Å²) < 4.78 is 19.4. The molecule has 0 unspecified atom stereocenters. The zero-order chi connectivity index (χ0) is 15.0. The maximum Gasteiger partial charge on any atom is 0.335 e. The summed E-state index contributed by atoms with van der Waals surface area (Å²) in [5.74, 6) is -1.27. The minimum absolute atomic E-state index is 0.174. The van der Waals surface area contributed by atoms with Gasteiger partial charge in [0, 0.05) is 5.56 Å². The second-order valence-corrected chi connectivity index (χ2v) is 5.39. The molecular formula is C15H10FNO3S. The molecule has 21 heavy (non-hydrogen) atoms. The van der Waals surface area contributed by atoms with Crippen molar-refractivity contribution in [3.63, 3.8) is 0 Å². The summed E-state index contributed by atoms with van der Waals surface area (Å²) in [6.07, 6.45) is 0. The molecular weight excluding hydrogens is 293 g/mol. The number of carboxylic acids is 1. The van der Waals surface area contributed by atoms with Crippen LogP contribution in [0.15, 0.2) is 36.4 Å². The lowest BCUT2D eigenvalue weighted by Crippen LogP contribution is -1.94. The van der Waals surface area contributed by atoms with E-state index in [9.17, 15) is 9.18 Å². The van der Waals surface area contributed by atoms with E-state index in [1.807, 2.05) is 0 Å². The first kappa shape index (κ1) is 13.5. The van der Waals surface area contributed by atoms with Crippen LogP contribution < -0.4 is 4.74 Å². The molecule has 106 valence electrons. The van der Waals surface area contributed by atoms with E-state index in [1.165, 1.54) is 30.6 Å². The van der Waals surface area contributed by atoms with Crippen LogP contribution in [-0.2, 0) is 0 Å². The third-order valence-corrected chi connectivity index (χ3v) is 4.10. The molecule has 0 fully saturated rings. The molecule has 0 atom stereocenters. The molecule has 0 saturated heterocycles. The predicted molar refractivity (Wildman–Crippen MR) is 78.5 cm³/mol. The van der Waals surface area contributed by atoms with Crippen molar-refractivity contribution < 1.29 is 19.0 Å². The Labute approximate surface area is 123 Å². The van der Waals surface area contributed by atoms with E-state index in [0.717, 1.165) is 4.70 Å². The molecule has 0 aliphatic rings. The Morgan fingerprint density at radius 1 is 1.29 bits per heavy atom. The first-order valence-electron chi connectivity index (χ1n) is 6.06. The Balaban J connectivity index is 2.08. The average Bonchev–Trinajstić information content (AvgIpc) is 2.89. The number of ether oxygens (including phenoxy) is 1. The van der Waals surface area contributed by atoms with Crippen LogP contribution in [0.1, 0.15) is 10.4 Å². The lowest BCUT2D eigenvalue weighted by Gasteiger charge is -2.02.